The lowest BCUT2D eigenvalue weighted by atomic mass is 9.91. The molecule has 0 aliphatic carbocycles. The molecule has 0 aliphatic heterocycles. The maximum atomic E-state index is 14.2. The zero-order chi connectivity index (χ0) is 44.7. The van der Waals surface area contributed by atoms with Crippen LogP contribution in [0.2, 0.25) is 0 Å². The molecule has 0 spiro atoms. The summed E-state index contributed by atoms with van der Waals surface area (Å²) in [5, 5.41) is 24.3. The minimum Gasteiger partial charge on any atom is -0.481 e. The van der Waals surface area contributed by atoms with Gasteiger partial charge in [0.1, 0.15) is 24.2 Å². The molecule has 9 N–H and O–H groups in total. The fraction of sp³-hybridized carbons (Fsp3) is 0.400. The van der Waals surface area contributed by atoms with Gasteiger partial charge >= 0.3 is 12.0 Å². The van der Waals surface area contributed by atoms with Gasteiger partial charge in [0, 0.05) is 55.6 Å². The number of likely N-dealkylation sites (N-methyl/N-ethyl adjacent to an activating group) is 1. The summed E-state index contributed by atoms with van der Waals surface area (Å²) >= 11 is 0. The molecule has 16 heteroatoms. The number of rotatable bonds is 21. The molecule has 16 nitrogen and oxygen atoms in total. The summed E-state index contributed by atoms with van der Waals surface area (Å²) in [6, 6.07) is 17.9. The predicted molar refractivity (Wildman–Crippen MR) is 232 cm³/mol. The van der Waals surface area contributed by atoms with E-state index in [4.69, 9.17) is 5.73 Å². The number of para-hydroxylation sites is 2. The molecule has 4 aromatic rings. The molecule has 7 amide bonds. The van der Waals surface area contributed by atoms with Crippen LogP contribution < -0.4 is 32.3 Å². The average molecular weight is 839 g/mol. The third-order valence-corrected chi connectivity index (χ3v) is 10.1. The van der Waals surface area contributed by atoms with Crippen molar-refractivity contribution < 1.29 is 38.7 Å². The van der Waals surface area contributed by atoms with E-state index >= 15 is 0 Å². The molecule has 1 aromatic heterocycles. The zero-order valence-electron chi connectivity index (χ0n) is 35.4. The number of hydrogen-bond donors (Lipinski definition) is 8. The van der Waals surface area contributed by atoms with Crippen LogP contribution in [0.15, 0.2) is 85.1 Å². The number of carbonyl (C=O) groups is 7. The monoisotopic (exact) mass is 838 g/mol. The van der Waals surface area contributed by atoms with E-state index in [1.54, 1.807) is 48.7 Å². The molecule has 4 atom stereocenters. The van der Waals surface area contributed by atoms with Gasteiger partial charge < -0.3 is 47.3 Å². The second-order valence-corrected chi connectivity index (χ2v) is 16.4. The summed E-state index contributed by atoms with van der Waals surface area (Å²) in [4.78, 5) is 97.0. The van der Waals surface area contributed by atoms with Crippen molar-refractivity contribution in [1.29, 1.82) is 0 Å². The summed E-state index contributed by atoms with van der Waals surface area (Å²) in [7, 11) is 1.30. The third-order valence-electron chi connectivity index (χ3n) is 10.1. The Labute approximate surface area is 355 Å². The van der Waals surface area contributed by atoms with Crippen molar-refractivity contribution in [3.05, 3.63) is 102 Å². The van der Waals surface area contributed by atoms with Crippen LogP contribution in [0.3, 0.4) is 0 Å². The highest BCUT2D eigenvalue weighted by Gasteiger charge is 2.35. The van der Waals surface area contributed by atoms with Crippen molar-refractivity contribution in [2.45, 2.75) is 96.8 Å². The number of nitrogens with zero attached hydrogens (tertiary/aromatic N) is 1. The van der Waals surface area contributed by atoms with E-state index in [1.165, 1.54) is 7.05 Å². The smallest absolute Gasteiger partial charge is 0.319 e. The number of urea groups is 1. The summed E-state index contributed by atoms with van der Waals surface area (Å²) in [6.45, 7) is 7.75. The number of fused-ring (bicyclic) bond motifs is 1. The molecule has 0 bridgehead atoms. The minimum atomic E-state index is -1.65. The van der Waals surface area contributed by atoms with Crippen LogP contribution >= 0.6 is 0 Å². The van der Waals surface area contributed by atoms with Gasteiger partial charge in [0.25, 0.3) is 0 Å². The maximum absolute atomic E-state index is 14.2. The number of nitrogens with two attached hydrogens (primary N) is 1. The van der Waals surface area contributed by atoms with Crippen molar-refractivity contribution >= 4 is 58.1 Å². The van der Waals surface area contributed by atoms with Crippen molar-refractivity contribution in [2.24, 2.45) is 11.1 Å². The van der Waals surface area contributed by atoms with E-state index in [-0.39, 0.29) is 38.1 Å². The summed E-state index contributed by atoms with van der Waals surface area (Å²) in [6.07, 6.45) is 1.83. The van der Waals surface area contributed by atoms with Crippen molar-refractivity contribution in [3.63, 3.8) is 0 Å². The quantitative estimate of drug-likeness (QED) is 0.0570. The van der Waals surface area contributed by atoms with Gasteiger partial charge in [-0.05, 0) is 60.4 Å². The Morgan fingerprint density at radius 2 is 1.43 bits per heavy atom. The fourth-order valence-electron chi connectivity index (χ4n) is 6.87. The Hall–Kier alpha value is -6.71. The number of carboxylic acids is 1. The fourth-order valence-corrected chi connectivity index (χ4v) is 6.87. The number of aromatic nitrogens is 1. The molecule has 0 fully saturated rings. The van der Waals surface area contributed by atoms with E-state index in [2.05, 4.69) is 31.6 Å². The van der Waals surface area contributed by atoms with Gasteiger partial charge in [-0.2, -0.15) is 0 Å². The Bertz CT molecular complexity index is 2170. The van der Waals surface area contributed by atoms with Crippen LogP contribution in [0, 0.1) is 12.3 Å². The number of carbonyl (C=O) groups excluding carboxylic acids is 6. The highest BCUT2D eigenvalue weighted by atomic mass is 16.4. The molecule has 0 saturated carbocycles. The van der Waals surface area contributed by atoms with Gasteiger partial charge in [0.2, 0.25) is 29.5 Å². The van der Waals surface area contributed by atoms with Gasteiger partial charge in [-0.1, -0.05) is 87.5 Å². The second kappa shape index (κ2) is 22.1. The number of nitrogens with one attached hydrogen (secondary N) is 6. The van der Waals surface area contributed by atoms with Crippen LogP contribution in [0.5, 0.6) is 0 Å². The second-order valence-electron chi connectivity index (χ2n) is 16.4. The van der Waals surface area contributed by atoms with Gasteiger partial charge in [-0.3, -0.25) is 28.8 Å². The highest BCUT2D eigenvalue weighted by Crippen LogP contribution is 2.21. The first kappa shape index (κ1) is 47.0. The molecule has 326 valence electrons. The van der Waals surface area contributed by atoms with Crippen molar-refractivity contribution in [2.75, 3.05) is 18.9 Å². The molecule has 3 aromatic carbocycles. The maximum Gasteiger partial charge on any atom is 0.319 e. The largest absolute Gasteiger partial charge is 0.481 e. The number of H-pyrrole nitrogens is 1. The van der Waals surface area contributed by atoms with Gasteiger partial charge in [-0.25, -0.2) is 4.79 Å². The van der Waals surface area contributed by atoms with E-state index < -0.39 is 71.6 Å². The van der Waals surface area contributed by atoms with E-state index in [0.29, 0.717) is 24.1 Å². The molecular weight excluding hydrogens is 781 g/mol. The average Bonchev–Trinajstić information content (AvgIpc) is 3.61. The van der Waals surface area contributed by atoms with Crippen LogP contribution in [0.4, 0.5) is 10.5 Å². The lowest BCUT2D eigenvalue weighted by Crippen LogP contribution is -2.59. The van der Waals surface area contributed by atoms with Crippen molar-refractivity contribution in [1.82, 2.24) is 31.2 Å². The molecule has 4 rings (SSSR count). The molecule has 0 saturated heterocycles. The molecule has 0 unspecified atom stereocenters. The number of unbranched alkanes of at least 4 members (excludes halogenated alkanes) is 1. The number of aryl methyl sites for hydroxylation is 1. The van der Waals surface area contributed by atoms with Gasteiger partial charge in [0.05, 0.1) is 6.42 Å². The number of benzene rings is 3. The predicted octanol–water partition coefficient (Wildman–Crippen LogP) is 3.93. The van der Waals surface area contributed by atoms with E-state index in [0.717, 1.165) is 26.9 Å². The Balaban J connectivity index is 1.56. The molecular formula is C45H58N8O8. The van der Waals surface area contributed by atoms with E-state index in [9.17, 15) is 38.7 Å². The van der Waals surface area contributed by atoms with Crippen LogP contribution in [-0.2, 0) is 41.6 Å². The van der Waals surface area contributed by atoms with Crippen LogP contribution in [-0.4, -0.2) is 94.3 Å². The number of carboxylic acid groups (broad SMARTS) is 1. The summed E-state index contributed by atoms with van der Waals surface area (Å²) in [5.41, 5.74) is 9.11. The minimum absolute atomic E-state index is 0.0101. The lowest BCUT2D eigenvalue weighted by molar-refractivity contribution is -0.146. The Morgan fingerprint density at radius 1 is 0.787 bits per heavy atom. The number of amides is 7. The number of aliphatic carboxylic acids is 1. The SMILES string of the molecule is Cc1ccccc1NC(=O)NCCCC[C@H](NC(=O)[C@H](Cc1c[nH]c2ccccc12)NC(=O)CC(C)(C)C)C(=O)N[C@@H](CC(=O)O)C(=O)N(C)[C@@H](Cc1ccccc1)C(N)=O. The standard InChI is InChI=1S/C45H58N8O8/c1-28-15-9-11-19-32(28)52-44(61)47-22-14-13-21-34(41(58)51-36(25-39(55)56)43(60)53(5)37(40(46)57)23-29-16-7-6-8-17-29)50-42(59)35(49-38(54)26-45(2,3)4)24-30-27-48-33-20-12-10-18-31(30)33/h6-12,15-20,27,34-37,48H,13-14,21-26H2,1-5H3,(H2,46,57)(H,49,54)(H,50,59)(H,51,58)(H,55,56)(H2,47,52,61)/t34-,35-,36-,37-/m0/s1. The zero-order valence-corrected chi connectivity index (χ0v) is 35.4. The summed E-state index contributed by atoms with van der Waals surface area (Å²) in [5.74, 6) is -5.03. The molecule has 1 heterocycles. The number of hydrogen-bond acceptors (Lipinski definition) is 7. The Morgan fingerprint density at radius 3 is 2.10 bits per heavy atom. The van der Waals surface area contributed by atoms with Crippen LogP contribution in [0.25, 0.3) is 10.9 Å². The number of primary amides is 1. The molecule has 0 radical (unpaired) electrons. The number of anilines is 1. The van der Waals surface area contributed by atoms with Crippen LogP contribution in [0.1, 0.15) is 69.6 Å². The first-order chi connectivity index (χ1) is 28.9. The van der Waals surface area contributed by atoms with E-state index in [1.807, 2.05) is 64.1 Å². The highest BCUT2D eigenvalue weighted by molar-refractivity contribution is 5.97. The normalized spacial score (nSPS) is 13.2. The Kier molecular flexibility index (Phi) is 17.0. The van der Waals surface area contributed by atoms with Crippen molar-refractivity contribution in [3.8, 4) is 0 Å². The first-order valence-electron chi connectivity index (χ1n) is 20.3. The van der Waals surface area contributed by atoms with Gasteiger partial charge in [0.15, 0.2) is 0 Å². The molecule has 61 heavy (non-hydrogen) atoms. The topological polar surface area (TPSA) is 245 Å². The lowest BCUT2D eigenvalue weighted by Gasteiger charge is -2.30. The third kappa shape index (κ3) is 14.8. The first-order valence-corrected chi connectivity index (χ1v) is 20.3. The summed E-state index contributed by atoms with van der Waals surface area (Å²) < 4.78 is 0. The van der Waals surface area contributed by atoms with Gasteiger partial charge in [-0.15, -0.1) is 0 Å². The number of aromatic amines is 1. The molecule has 0 aliphatic rings.